The predicted molar refractivity (Wildman–Crippen MR) is 169 cm³/mol. The minimum Gasteiger partial charge on any atom is -0.475 e. The van der Waals surface area contributed by atoms with Crippen molar-refractivity contribution >= 4 is 50.7 Å². The van der Waals surface area contributed by atoms with E-state index >= 15 is 0 Å². The molecule has 19 heteroatoms. The van der Waals surface area contributed by atoms with E-state index in [4.69, 9.17) is 30.9 Å². The molecule has 10 nitrogen and oxygen atoms in total. The van der Waals surface area contributed by atoms with Crippen LogP contribution in [0, 0.1) is 12.3 Å². The van der Waals surface area contributed by atoms with Crippen molar-refractivity contribution in [3.05, 3.63) is 64.5 Å². The second-order valence-electron chi connectivity index (χ2n) is 10.2. The number of aliphatic carboxylic acids is 2. The van der Waals surface area contributed by atoms with Crippen LogP contribution in [0.4, 0.5) is 26.3 Å². The third kappa shape index (κ3) is 11.2. The van der Waals surface area contributed by atoms with E-state index < -0.39 is 34.1 Å². The molecule has 0 aliphatic carbocycles. The number of nitrogens with one attached hydrogen (secondary N) is 1. The van der Waals surface area contributed by atoms with Gasteiger partial charge in [-0.15, -0.1) is 23.1 Å². The second-order valence-corrected chi connectivity index (χ2v) is 14.3. The normalized spacial score (nSPS) is 14.3. The third-order valence-corrected chi connectivity index (χ3v) is 11.0. The fourth-order valence-electron chi connectivity index (χ4n) is 4.29. The highest BCUT2D eigenvalue weighted by molar-refractivity contribution is 8.01. The molecule has 48 heavy (non-hydrogen) atoms. The van der Waals surface area contributed by atoms with Crippen LogP contribution in [0.25, 0.3) is 11.1 Å². The molecule has 0 radical (unpaired) electrons. The van der Waals surface area contributed by atoms with Crippen LogP contribution in [-0.4, -0.2) is 98.0 Å². The molecule has 0 unspecified atom stereocenters. The summed E-state index contributed by atoms with van der Waals surface area (Å²) in [5.41, 5.74) is 9.96. The smallest absolute Gasteiger partial charge is 0.475 e. The number of nitrogens with zero attached hydrogens (tertiary/aromatic N) is 2. The molecule has 5 N–H and O–H groups in total. The average Bonchev–Trinajstić information content (AvgIpc) is 3.44. The molecule has 264 valence electrons. The number of carboxylic acid groups (broad SMARTS) is 2. The maximum absolute atomic E-state index is 13.6. The molecule has 2 aromatic carbocycles. The molecule has 1 aliphatic rings. The first-order valence-corrected chi connectivity index (χ1v) is 17.1. The van der Waals surface area contributed by atoms with Crippen molar-refractivity contribution in [1.29, 1.82) is 5.41 Å². The SMILES string of the molecule is CSc1sc(C(=N)N)cc1S(=O)(=O)c1cccc(-c2c(C)cccc2CN2CCN(C)CC2)c1.O=C(O)C(F)(F)F.O=C(O)C(F)(F)F. The largest absolute Gasteiger partial charge is 0.490 e. The number of halogens is 6. The molecule has 1 aliphatic heterocycles. The van der Waals surface area contributed by atoms with Crippen molar-refractivity contribution in [2.24, 2.45) is 5.73 Å². The van der Waals surface area contributed by atoms with Crippen LogP contribution in [0.5, 0.6) is 0 Å². The van der Waals surface area contributed by atoms with E-state index in [1.807, 2.05) is 18.4 Å². The van der Waals surface area contributed by atoms with Gasteiger partial charge < -0.3 is 20.8 Å². The summed E-state index contributed by atoms with van der Waals surface area (Å²) in [4.78, 5) is 23.5. The number of amidine groups is 1. The zero-order valence-corrected chi connectivity index (χ0v) is 28.1. The van der Waals surface area contributed by atoms with Crippen LogP contribution in [0.3, 0.4) is 0 Å². The molecule has 0 atom stereocenters. The maximum atomic E-state index is 13.6. The fraction of sp³-hybridized carbons (Fsp3) is 0.345. The number of thiophene rings is 1. The zero-order valence-electron chi connectivity index (χ0n) is 25.6. The summed E-state index contributed by atoms with van der Waals surface area (Å²) in [6.07, 6.45) is -8.33. The van der Waals surface area contributed by atoms with Crippen LogP contribution >= 0.6 is 23.1 Å². The fourth-order valence-corrected chi connectivity index (χ4v) is 8.19. The third-order valence-electron chi connectivity index (χ3n) is 6.67. The van der Waals surface area contributed by atoms with E-state index in [1.165, 1.54) is 34.7 Å². The summed E-state index contributed by atoms with van der Waals surface area (Å²) in [6, 6.07) is 15.0. The highest BCUT2D eigenvalue weighted by Gasteiger charge is 2.39. The topological polar surface area (TPSA) is 165 Å². The molecular weight excluding hydrogens is 711 g/mol. The molecule has 1 fully saturated rings. The number of carboxylic acids is 2. The number of hydrogen-bond acceptors (Lipinski definition) is 9. The summed E-state index contributed by atoms with van der Waals surface area (Å²) in [7, 11) is -1.61. The number of likely N-dealkylation sites (N-methyl/N-ethyl adjacent to an activating group) is 1. The Hall–Kier alpha value is -3.65. The second kappa shape index (κ2) is 16.6. The highest BCUT2D eigenvalue weighted by atomic mass is 32.2. The van der Waals surface area contributed by atoms with Crippen LogP contribution in [0.1, 0.15) is 16.0 Å². The predicted octanol–water partition coefficient (Wildman–Crippen LogP) is 5.58. The zero-order chi connectivity index (χ0) is 36.6. The summed E-state index contributed by atoms with van der Waals surface area (Å²) in [5, 5.41) is 22.0. The van der Waals surface area contributed by atoms with Crippen LogP contribution in [0.15, 0.2) is 62.5 Å². The lowest BCUT2D eigenvalue weighted by molar-refractivity contribution is -0.193. The number of hydrogen-bond donors (Lipinski definition) is 4. The molecule has 0 amide bonds. The highest BCUT2D eigenvalue weighted by Crippen LogP contribution is 2.38. The first kappa shape index (κ1) is 40.5. The lowest BCUT2D eigenvalue weighted by Gasteiger charge is -2.33. The van der Waals surface area contributed by atoms with E-state index in [9.17, 15) is 34.8 Å². The average molecular weight is 743 g/mol. The van der Waals surface area contributed by atoms with Gasteiger partial charge in [-0.05, 0) is 60.7 Å². The molecule has 0 saturated carbocycles. The van der Waals surface area contributed by atoms with E-state index in [0.717, 1.165) is 49.4 Å². The Bertz CT molecular complexity index is 1700. The minimum absolute atomic E-state index is 0.121. The van der Waals surface area contributed by atoms with Gasteiger partial charge in [-0.1, -0.05) is 30.3 Å². The molecule has 3 aromatic rings. The number of piperazine rings is 1. The Morgan fingerprint density at radius 1 is 0.958 bits per heavy atom. The number of thioether (sulfide) groups is 1. The number of alkyl halides is 6. The Morgan fingerprint density at radius 2 is 1.48 bits per heavy atom. The standard InChI is InChI=1S/C25H30N4O2S3.2C2HF3O2/c1-17-6-4-8-19(16-29-12-10-28(2)11-13-29)23(17)18-7-5-9-20(14-18)34(30,31)22-15-21(24(26)27)33-25(22)32-3;2*3-2(4,5)1(6)7/h4-9,14-15H,10-13,16H2,1-3H3,(H3,26,27);2*(H,6,7). The summed E-state index contributed by atoms with van der Waals surface area (Å²) >= 11 is 2.60. The van der Waals surface area contributed by atoms with Crippen molar-refractivity contribution in [3.8, 4) is 11.1 Å². The van der Waals surface area contributed by atoms with Crippen LogP contribution < -0.4 is 5.73 Å². The number of aryl methyl sites for hydroxylation is 1. The molecule has 1 aromatic heterocycles. The number of nitrogens with two attached hydrogens (primary N) is 1. The molecule has 1 saturated heterocycles. The van der Waals surface area contributed by atoms with Crippen molar-refractivity contribution < 1.29 is 54.6 Å². The minimum atomic E-state index is -5.08. The quantitative estimate of drug-likeness (QED) is 0.104. The van der Waals surface area contributed by atoms with E-state index in [1.54, 1.807) is 12.1 Å². The maximum Gasteiger partial charge on any atom is 0.490 e. The first-order chi connectivity index (χ1) is 22.1. The van der Waals surface area contributed by atoms with E-state index in [0.29, 0.717) is 9.09 Å². The van der Waals surface area contributed by atoms with Gasteiger partial charge in [0.2, 0.25) is 9.84 Å². The summed E-state index contributed by atoms with van der Waals surface area (Å²) in [6.45, 7) is 7.06. The number of nitrogen functional groups attached to an aromatic ring is 1. The van der Waals surface area contributed by atoms with Gasteiger partial charge in [-0.3, -0.25) is 10.3 Å². The molecule has 0 spiro atoms. The molecule has 0 bridgehead atoms. The van der Waals surface area contributed by atoms with Gasteiger partial charge in [-0.25, -0.2) is 18.0 Å². The molecule has 4 rings (SSSR count). The van der Waals surface area contributed by atoms with Crippen molar-refractivity contribution in [2.75, 3.05) is 39.5 Å². The van der Waals surface area contributed by atoms with E-state index in [-0.39, 0.29) is 15.6 Å². The molecule has 2 heterocycles. The Kier molecular flexibility index (Phi) is 14.1. The van der Waals surface area contributed by atoms with Crippen molar-refractivity contribution in [1.82, 2.24) is 9.80 Å². The van der Waals surface area contributed by atoms with Gasteiger partial charge in [0, 0.05) is 32.7 Å². The van der Waals surface area contributed by atoms with E-state index in [2.05, 4.69) is 42.0 Å². The first-order valence-electron chi connectivity index (χ1n) is 13.6. The Labute approximate surface area is 280 Å². The van der Waals surface area contributed by atoms with Crippen molar-refractivity contribution in [3.63, 3.8) is 0 Å². The van der Waals surface area contributed by atoms with Gasteiger partial charge in [0.15, 0.2) is 0 Å². The van der Waals surface area contributed by atoms with Gasteiger partial charge in [0.25, 0.3) is 0 Å². The van der Waals surface area contributed by atoms with Crippen LogP contribution in [0.2, 0.25) is 0 Å². The number of sulfone groups is 1. The lowest BCUT2D eigenvalue weighted by atomic mass is 9.94. The summed E-state index contributed by atoms with van der Waals surface area (Å²) < 4.78 is 91.4. The number of carbonyl (C=O) groups is 2. The summed E-state index contributed by atoms with van der Waals surface area (Å²) in [5.74, 6) is -5.64. The number of rotatable bonds is 7. The van der Waals surface area contributed by atoms with Gasteiger partial charge in [-0.2, -0.15) is 26.3 Å². The van der Waals surface area contributed by atoms with Crippen LogP contribution in [-0.2, 0) is 26.0 Å². The van der Waals surface area contributed by atoms with Crippen molar-refractivity contribution in [2.45, 2.75) is 39.8 Å². The van der Waals surface area contributed by atoms with Gasteiger partial charge in [0.1, 0.15) is 5.84 Å². The van der Waals surface area contributed by atoms with Gasteiger partial charge >= 0.3 is 24.3 Å². The lowest BCUT2D eigenvalue weighted by Crippen LogP contribution is -2.43. The Morgan fingerprint density at radius 3 is 1.96 bits per heavy atom. The molecular formula is C29H32F6N4O6S3. The Balaban J connectivity index is 0.000000479. The monoisotopic (exact) mass is 742 g/mol. The van der Waals surface area contributed by atoms with Gasteiger partial charge in [0.05, 0.1) is 18.9 Å². The number of benzene rings is 2.